The zero-order valence-electron chi connectivity index (χ0n) is 11.6. The fraction of sp³-hybridized carbons (Fsp3) is 0.533. The summed E-state index contributed by atoms with van der Waals surface area (Å²) in [7, 11) is 0. The highest BCUT2D eigenvalue weighted by atomic mass is 19.1. The largest absolute Gasteiger partial charge is 0.481 e. The molecule has 0 spiro atoms. The third-order valence-corrected chi connectivity index (χ3v) is 3.95. The van der Waals surface area contributed by atoms with Crippen molar-refractivity contribution in [3.05, 3.63) is 35.1 Å². The predicted molar refractivity (Wildman–Crippen MR) is 71.7 cm³/mol. The lowest BCUT2D eigenvalue weighted by Gasteiger charge is -2.20. The number of halogens is 1. The molecule has 2 rings (SSSR count). The summed E-state index contributed by atoms with van der Waals surface area (Å²) in [5.41, 5.74) is 1.50. The molecule has 19 heavy (non-hydrogen) atoms. The quantitative estimate of drug-likeness (QED) is 0.913. The number of likely N-dealkylation sites (tertiary alicyclic amines) is 1. The topological polar surface area (TPSA) is 40.5 Å². The van der Waals surface area contributed by atoms with E-state index < -0.39 is 11.9 Å². The summed E-state index contributed by atoms with van der Waals surface area (Å²) in [6, 6.07) is 5.20. The molecule has 4 heteroatoms. The first-order valence-corrected chi connectivity index (χ1v) is 6.63. The Morgan fingerprint density at radius 2 is 2.11 bits per heavy atom. The zero-order valence-corrected chi connectivity index (χ0v) is 11.6. The molecule has 104 valence electrons. The number of hydrogen-bond acceptors (Lipinski definition) is 2. The Morgan fingerprint density at radius 1 is 1.42 bits per heavy atom. The Balaban J connectivity index is 2.35. The van der Waals surface area contributed by atoms with Gasteiger partial charge in [0.2, 0.25) is 0 Å². The molecule has 1 fully saturated rings. The van der Waals surface area contributed by atoms with Crippen molar-refractivity contribution in [1.82, 2.24) is 4.90 Å². The number of nitrogens with zero attached hydrogens (tertiary/aromatic N) is 1. The Kier molecular flexibility index (Phi) is 3.90. The van der Waals surface area contributed by atoms with Crippen LogP contribution in [0.4, 0.5) is 4.39 Å². The summed E-state index contributed by atoms with van der Waals surface area (Å²) >= 11 is 0. The van der Waals surface area contributed by atoms with Crippen molar-refractivity contribution in [2.45, 2.75) is 32.7 Å². The second kappa shape index (κ2) is 5.29. The van der Waals surface area contributed by atoms with E-state index in [1.54, 1.807) is 12.1 Å². The SMILES string of the molecule is Cc1ccc(F)c(C2CN(C(C)C)CC2C(=O)O)c1. The molecule has 1 aromatic rings. The van der Waals surface area contributed by atoms with Gasteiger partial charge in [0.15, 0.2) is 0 Å². The van der Waals surface area contributed by atoms with Gasteiger partial charge in [-0.15, -0.1) is 0 Å². The van der Waals surface area contributed by atoms with Gasteiger partial charge in [0, 0.05) is 25.0 Å². The highest BCUT2D eigenvalue weighted by Gasteiger charge is 2.40. The maximum absolute atomic E-state index is 14.0. The van der Waals surface area contributed by atoms with Crippen molar-refractivity contribution >= 4 is 5.97 Å². The van der Waals surface area contributed by atoms with Crippen LogP contribution in [0.1, 0.15) is 30.9 Å². The maximum atomic E-state index is 14.0. The van der Waals surface area contributed by atoms with Crippen LogP contribution in [-0.2, 0) is 4.79 Å². The first-order valence-electron chi connectivity index (χ1n) is 6.63. The van der Waals surface area contributed by atoms with Crippen LogP contribution in [0.5, 0.6) is 0 Å². The summed E-state index contributed by atoms with van der Waals surface area (Å²) in [6.07, 6.45) is 0. The van der Waals surface area contributed by atoms with Crippen molar-refractivity contribution in [3.63, 3.8) is 0 Å². The molecule has 1 heterocycles. The van der Waals surface area contributed by atoms with Crippen molar-refractivity contribution in [1.29, 1.82) is 0 Å². The molecule has 3 nitrogen and oxygen atoms in total. The summed E-state index contributed by atoms with van der Waals surface area (Å²) in [5.74, 6) is -1.93. The number of benzene rings is 1. The van der Waals surface area contributed by atoms with E-state index in [2.05, 4.69) is 4.90 Å². The van der Waals surface area contributed by atoms with Crippen molar-refractivity contribution in [2.24, 2.45) is 5.92 Å². The third-order valence-electron chi connectivity index (χ3n) is 3.95. The van der Waals surface area contributed by atoms with Crippen LogP contribution in [-0.4, -0.2) is 35.1 Å². The van der Waals surface area contributed by atoms with Gasteiger partial charge in [0.1, 0.15) is 5.82 Å². The Bertz CT molecular complexity index is 487. The predicted octanol–water partition coefficient (Wildman–Crippen LogP) is 2.64. The highest BCUT2D eigenvalue weighted by molar-refractivity contribution is 5.72. The molecule has 0 saturated carbocycles. The number of aryl methyl sites for hydroxylation is 1. The van der Waals surface area contributed by atoms with Crippen LogP contribution < -0.4 is 0 Å². The summed E-state index contributed by atoms with van der Waals surface area (Å²) in [6.45, 7) is 7.07. The van der Waals surface area contributed by atoms with E-state index >= 15 is 0 Å². The zero-order chi connectivity index (χ0) is 14.2. The smallest absolute Gasteiger partial charge is 0.308 e. The van der Waals surface area contributed by atoms with Gasteiger partial charge in [-0.25, -0.2) is 4.39 Å². The second-order valence-electron chi connectivity index (χ2n) is 5.62. The fourth-order valence-corrected chi connectivity index (χ4v) is 2.77. The minimum absolute atomic E-state index is 0.264. The minimum Gasteiger partial charge on any atom is -0.481 e. The van der Waals surface area contributed by atoms with Gasteiger partial charge in [0.25, 0.3) is 0 Å². The monoisotopic (exact) mass is 265 g/mol. The molecule has 1 aliphatic rings. The molecule has 2 atom stereocenters. The molecule has 1 N–H and O–H groups in total. The number of hydrogen-bond donors (Lipinski definition) is 1. The Hall–Kier alpha value is -1.42. The first kappa shape index (κ1) is 14.0. The van der Waals surface area contributed by atoms with Crippen molar-refractivity contribution in [3.8, 4) is 0 Å². The van der Waals surface area contributed by atoms with E-state index in [1.807, 2.05) is 20.8 Å². The molecule has 1 aromatic carbocycles. The van der Waals surface area contributed by atoms with Gasteiger partial charge in [-0.1, -0.05) is 17.7 Å². The molecule has 2 unspecified atom stereocenters. The van der Waals surface area contributed by atoms with Crippen LogP contribution in [0, 0.1) is 18.7 Å². The van der Waals surface area contributed by atoms with Crippen molar-refractivity contribution in [2.75, 3.05) is 13.1 Å². The van der Waals surface area contributed by atoms with E-state index in [-0.39, 0.29) is 17.8 Å². The first-order chi connectivity index (χ1) is 8.90. The Labute approximate surface area is 113 Å². The maximum Gasteiger partial charge on any atom is 0.308 e. The third kappa shape index (κ3) is 2.78. The lowest BCUT2D eigenvalue weighted by Crippen LogP contribution is -2.29. The average molecular weight is 265 g/mol. The lowest BCUT2D eigenvalue weighted by atomic mass is 9.88. The molecular weight excluding hydrogens is 245 g/mol. The molecular formula is C15H20FNO2. The van der Waals surface area contributed by atoms with Crippen LogP contribution in [0.3, 0.4) is 0 Å². The van der Waals surface area contributed by atoms with Gasteiger partial charge >= 0.3 is 5.97 Å². The number of carboxylic acids is 1. The van der Waals surface area contributed by atoms with Gasteiger partial charge < -0.3 is 5.11 Å². The van der Waals surface area contributed by atoms with Crippen LogP contribution in [0.25, 0.3) is 0 Å². The van der Waals surface area contributed by atoms with E-state index in [0.29, 0.717) is 18.7 Å². The molecule has 0 bridgehead atoms. The number of aliphatic carboxylic acids is 1. The average Bonchev–Trinajstić information content (AvgIpc) is 2.77. The fourth-order valence-electron chi connectivity index (χ4n) is 2.77. The second-order valence-corrected chi connectivity index (χ2v) is 5.62. The van der Waals surface area contributed by atoms with E-state index in [1.165, 1.54) is 6.07 Å². The van der Waals surface area contributed by atoms with Crippen molar-refractivity contribution < 1.29 is 14.3 Å². The molecule has 1 aliphatic heterocycles. The van der Waals surface area contributed by atoms with Crippen LogP contribution >= 0.6 is 0 Å². The number of carboxylic acid groups (broad SMARTS) is 1. The van der Waals surface area contributed by atoms with E-state index in [0.717, 1.165) is 5.56 Å². The Morgan fingerprint density at radius 3 is 2.68 bits per heavy atom. The molecule has 1 saturated heterocycles. The lowest BCUT2D eigenvalue weighted by molar-refractivity contribution is -0.141. The van der Waals surface area contributed by atoms with Crippen LogP contribution in [0.2, 0.25) is 0 Å². The molecule has 0 aliphatic carbocycles. The number of rotatable bonds is 3. The normalized spacial score (nSPS) is 24.1. The van der Waals surface area contributed by atoms with Gasteiger partial charge in [-0.3, -0.25) is 9.69 Å². The van der Waals surface area contributed by atoms with Gasteiger partial charge in [-0.2, -0.15) is 0 Å². The van der Waals surface area contributed by atoms with E-state index in [9.17, 15) is 14.3 Å². The van der Waals surface area contributed by atoms with Crippen LogP contribution in [0.15, 0.2) is 18.2 Å². The molecule has 0 radical (unpaired) electrons. The standard InChI is InChI=1S/C15H20FNO2/c1-9(2)17-7-12(13(8-17)15(18)19)11-6-10(3)4-5-14(11)16/h4-6,9,12-13H,7-8H2,1-3H3,(H,18,19). The van der Waals surface area contributed by atoms with Gasteiger partial charge in [0.05, 0.1) is 5.92 Å². The highest BCUT2D eigenvalue weighted by Crippen LogP contribution is 2.35. The molecule has 0 amide bonds. The summed E-state index contributed by atoms with van der Waals surface area (Å²) in [4.78, 5) is 13.5. The molecule has 0 aromatic heterocycles. The number of carbonyl (C=O) groups is 1. The summed E-state index contributed by atoms with van der Waals surface area (Å²) < 4.78 is 14.0. The van der Waals surface area contributed by atoms with E-state index in [4.69, 9.17) is 0 Å². The minimum atomic E-state index is -0.839. The van der Waals surface area contributed by atoms with Gasteiger partial charge in [-0.05, 0) is 32.4 Å². The summed E-state index contributed by atoms with van der Waals surface area (Å²) in [5, 5.41) is 9.36.